The number of anilines is 1. The van der Waals surface area contributed by atoms with E-state index in [1.807, 2.05) is 12.1 Å². The van der Waals surface area contributed by atoms with Crippen LogP contribution < -0.4 is 10.7 Å². The number of benzene rings is 3. The van der Waals surface area contributed by atoms with Crippen molar-refractivity contribution >= 4 is 29.4 Å². The molecule has 0 bridgehead atoms. The smallest absolute Gasteiger partial charge is 0.278 e. The number of hydrogen-bond donors (Lipinski definition) is 2. The first-order valence-corrected chi connectivity index (χ1v) is 10.2. The van der Waals surface area contributed by atoms with Crippen LogP contribution in [0.1, 0.15) is 52.6 Å². The Labute approximate surface area is 191 Å². The summed E-state index contributed by atoms with van der Waals surface area (Å²) in [5.74, 6) is -0.734. The molecule has 0 aliphatic carbocycles. The molecule has 168 valence electrons. The van der Waals surface area contributed by atoms with Gasteiger partial charge >= 0.3 is 0 Å². The number of para-hydroxylation sites is 1. The highest BCUT2D eigenvalue weighted by molar-refractivity contribution is 6.04. The average Bonchev–Trinajstić information content (AvgIpc) is 2.79. The molecule has 0 fully saturated rings. The first-order valence-electron chi connectivity index (χ1n) is 10.2. The van der Waals surface area contributed by atoms with Crippen molar-refractivity contribution in [3.05, 3.63) is 105 Å². The van der Waals surface area contributed by atoms with Gasteiger partial charge in [0, 0.05) is 22.9 Å². The molecule has 33 heavy (non-hydrogen) atoms. The van der Waals surface area contributed by atoms with Gasteiger partial charge in [-0.05, 0) is 53.4 Å². The van der Waals surface area contributed by atoms with Gasteiger partial charge in [-0.2, -0.15) is 5.10 Å². The zero-order chi connectivity index (χ0) is 24.0. The summed E-state index contributed by atoms with van der Waals surface area (Å²) in [7, 11) is 0. The van der Waals surface area contributed by atoms with Gasteiger partial charge < -0.3 is 5.32 Å². The Morgan fingerprint density at radius 1 is 0.879 bits per heavy atom. The Hall–Kier alpha value is -4.33. The number of nitro benzene ring substituents is 1. The van der Waals surface area contributed by atoms with Crippen molar-refractivity contribution in [2.75, 3.05) is 5.32 Å². The number of hydrazone groups is 1. The van der Waals surface area contributed by atoms with E-state index in [1.54, 1.807) is 48.5 Å². The van der Waals surface area contributed by atoms with Crippen molar-refractivity contribution in [3.63, 3.8) is 0 Å². The fourth-order valence-electron chi connectivity index (χ4n) is 3.02. The molecule has 2 N–H and O–H groups in total. The standard InChI is InChI=1S/C25H24N4O4/c1-25(2,3)20-12-8-17(9-13-20)23(30)27-21-14-10-18(11-15-21)24(31)28-26-16-19-6-4-5-7-22(19)29(32)33/h4-16H,1-3H3,(H,27,30)(H,28,31)/b26-16+. The Balaban J connectivity index is 1.60. The number of amides is 2. The summed E-state index contributed by atoms with van der Waals surface area (Å²) in [5.41, 5.74) is 5.05. The summed E-state index contributed by atoms with van der Waals surface area (Å²) >= 11 is 0. The number of hydrogen-bond acceptors (Lipinski definition) is 5. The van der Waals surface area contributed by atoms with Gasteiger partial charge in [0.15, 0.2) is 0 Å². The minimum Gasteiger partial charge on any atom is -0.322 e. The first kappa shape index (κ1) is 23.3. The zero-order valence-electron chi connectivity index (χ0n) is 18.5. The first-order chi connectivity index (χ1) is 15.6. The van der Waals surface area contributed by atoms with Crippen LogP contribution in [0, 0.1) is 10.1 Å². The van der Waals surface area contributed by atoms with Gasteiger partial charge in [0.25, 0.3) is 17.5 Å². The Bertz CT molecular complexity index is 1190. The van der Waals surface area contributed by atoms with Crippen LogP contribution in [0.25, 0.3) is 0 Å². The highest BCUT2D eigenvalue weighted by Crippen LogP contribution is 2.22. The Morgan fingerprint density at radius 2 is 1.45 bits per heavy atom. The molecule has 0 unspecified atom stereocenters. The third kappa shape index (κ3) is 6.10. The van der Waals surface area contributed by atoms with Gasteiger partial charge in [-0.15, -0.1) is 0 Å². The van der Waals surface area contributed by atoms with Crippen LogP contribution in [0.5, 0.6) is 0 Å². The summed E-state index contributed by atoms with van der Waals surface area (Å²) < 4.78 is 0. The SMILES string of the molecule is CC(C)(C)c1ccc(C(=O)Nc2ccc(C(=O)N/N=C/c3ccccc3[N+](=O)[O-])cc2)cc1. The monoisotopic (exact) mass is 444 g/mol. The largest absolute Gasteiger partial charge is 0.322 e. The van der Waals surface area contributed by atoms with Crippen molar-refractivity contribution < 1.29 is 14.5 Å². The van der Waals surface area contributed by atoms with Crippen molar-refractivity contribution in [2.45, 2.75) is 26.2 Å². The molecule has 8 heteroatoms. The van der Waals surface area contributed by atoms with Crippen molar-refractivity contribution in [3.8, 4) is 0 Å². The maximum atomic E-state index is 12.5. The second-order valence-corrected chi connectivity index (χ2v) is 8.37. The van der Waals surface area contributed by atoms with Crippen LogP contribution in [0.15, 0.2) is 77.9 Å². The minimum absolute atomic E-state index is 0.00523. The van der Waals surface area contributed by atoms with E-state index in [1.165, 1.54) is 18.3 Å². The average molecular weight is 444 g/mol. The lowest BCUT2D eigenvalue weighted by atomic mass is 9.87. The third-order valence-corrected chi connectivity index (χ3v) is 4.92. The molecule has 8 nitrogen and oxygen atoms in total. The van der Waals surface area contributed by atoms with Crippen molar-refractivity contribution in [1.29, 1.82) is 0 Å². The highest BCUT2D eigenvalue weighted by atomic mass is 16.6. The summed E-state index contributed by atoms with van der Waals surface area (Å²) in [4.78, 5) is 35.3. The van der Waals surface area contributed by atoms with Crippen LogP contribution in [-0.2, 0) is 5.41 Å². The van der Waals surface area contributed by atoms with E-state index in [2.05, 4.69) is 36.6 Å². The lowest BCUT2D eigenvalue weighted by Gasteiger charge is -2.19. The molecule has 0 aliphatic rings. The Kier molecular flexibility index (Phi) is 6.97. The number of carbonyl (C=O) groups excluding carboxylic acids is 2. The van der Waals surface area contributed by atoms with Gasteiger partial charge in [0.2, 0.25) is 0 Å². The molecule has 0 spiro atoms. The highest BCUT2D eigenvalue weighted by Gasteiger charge is 2.15. The third-order valence-electron chi connectivity index (χ3n) is 4.92. The van der Waals surface area contributed by atoms with E-state index >= 15 is 0 Å². The molecule has 0 radical (unpaired) electrons. The van der Waals surface area contributed by atoms with E-state index in [0.29, 0.717) is 16.8 Å². The van der Waals surface area contributed by atoms with E-state index < -0.39 is 10.8 Å². The fraction of sp³-hybridized carbons (Fsp3) is 0.160. The van der Waals surface area contributed by atoms with Gasteiger partial charge in [0.05, 0.1) is 16.7 Å². The lowest BCUT2D eigenvalue weighted by Crippen LogP contribution is -2.18. The van der Waals surface area contributed by atoms with Gasteiger partial charge in [0.1, 0.15) is 0 Å². The minimum atomic E-state index is -0.519. The van der Waals surface area contributed by atoms with Gasteiger partial charge in [-0.3, -0.25) is 19.7 Å². The van der Waals surface area contributed by atoms with Crippen LogP contribution in [-0.4, -0.2) is 23.0 Å². The molecular formula is C25H24N4O4. The van der Waals surface area contributed by atoms with Crippen LogP contribution >= 0.6 is 0 Å². The molecular weight excluding hydrogens is 420 g/mol. The summed E-state index contributed by atoms with van der Waals surface area (Å²) in [5, 5.41) is 17.6. The lowest BCUT2D eigenvalue weighted by molar-refractivity contribution is -0.385. The normalized spacial score (nSPS) is 11.2. The molecule has 0 saturated carbocycles. The molecule has 3 aromatic rings. The Morgan fingerprint density at radius 3 is 2.06 bits per heavy atom. The molecule has 3 rings (SSSR count). The topological polar surface area (TPSA) is 114 Å². The van der Waals surface area contributed by atoms with Crippen LogP contribution in [0.3, 0.4) is 0 Å². The fourth-order valence-corrected chi connectivity index (χ4v) is 3.02. The summed E-state index contributed by atoms with van der Waals surface area (Å²) in [6.07, 6.45) is 1.22. The second-order valence-electron chi connectivity index (χ2n) is 8.37. The maximum absolute atomic E-state index is 12.5. The van der Waals surface area contributed by atoms with Gasteiger partial charge in [-0.25, -0.2) is 5.43 Å². The predicted octanol–water partition coefficient (Wildman–Crippen LogP) is 4.91. The molecule has 0 saturated heterocycles. The van der Waals surface area contributed by atoms with E-state index in [-0.39, 0.29) is 22.6 Å². The molecule has 0 heterocycles. The quantitative estimate of drug-likeness (QED) is 0.319. The zero-order valence-corrected chi connectivity index (χ0v) is 18.5. The van der Waals surface area contributed by atoms with Crippen LogP contribution in [0.4, 0.5) is 11.4 Å². The number of nitro groups is 1. The number of carbonyl (C=O) groups is 2. The summed E-state index contributed by atoms with van der Waals surface area (Å²) in [6.45, 7) is 6.32. The van der Waals surface area contributed by atoms with E-state index in [0.717, 1.165) is 5.56 Å². The maximum Gasteiger partial charge on any atom is 0.278 e. The summed E-state index contributed by atoms with van der Waals surface area (Å²) in [6, 6.07) is 19.8. The van der Waals surface area contributed by atoms with Crippen LogP contribution in [0.2, 0.25) is 0 Å². The molecule has 0 atom stereocenters. The second kappa shape index (κ2) is 9.86. The number of rotatable bonds is 6. The van der Waals surface area contributed by atoms with E-state index in [4.69, 9.17) is 0 Å². The molecule has 0 aromatic heterocycles. The molecule has 2 amide bonds. The molecule has 3 aromatic carbocycles. The van der Waals surface area contributed by atoms with Gasteiger partial charge in [-0.1, -0.05) is 45.0 Å². The molecule has 0 aliphatic heterocycles. The number of nitrogens with one attached hydrogen (secondary N) is 2. The van der Waals surface area contributed by atoms with E-state index in [9.17, 15) is 19.7 Å². The number of nitrogens with zero attached hydrogens (tertiary/aromatic N) is 2. The van der Waals surface area contributed by atoms with Crippen molar-refractivity contribution in [1.82, 2.24) is 5.43 Å². The predicted molar refractivity (Wildman–Crippen MR) is 128 cm³/mol. The van der Waals surface area contributed by atoms with Crippen molar-refractivity contribution in [2.24, 2.45) is 5.10 Å².